The number of anilines is 3. The fourth-order valence-electron chi connectivity index (χ4n) is 3.80. The lowest BCUT2D eigenvalue weighted by Gasteiger charge is -2.13. The van der Waals surface area contributed by atoms with Gasteiger partial charge in [0.1, 0.15) is 11.5 Å². The lowest BCUT2D eigenvalue weighted by atomic mass is 10.0. The molecular weight excluding hydrogens is 494 g/mol. The van der Waals surface area contributed by atoms with E-state index in [1.807, 2.05) is 66.7 Å². The second-order valence-corrected chi connectivity index (χ2v) is 8.51. The minimum absolute atomic E-state index is 0.301. The van der Waals surface area contributed by atoms with Gasteiger partial charge in [0.2, 0.25) is 11.9 Å². The number of carbonyl (C=O) groups excluding carboxylic acids is 2. The van der Waals surface area contributed by atoms with E-state index >= 15 is 0 Å². The quantitative estimate of drug-likeness (QED) is 0.240. The fourth-order valence-corrected chi connectivity index (χ4v) is 3.80. The van der Waals surface area contributed by atoms with Crippen molar-refractivity contribution in [2.75, 3.05) is 24.9 Å². The minimum atomic E-state index is -0.308. The zero-order valence-corrected chi connectivity index (χ0v) is 21.7. The van der Waals surface area contributed by atoms with Crippen molar-refractivity contribution in [3.63, 3.8) is 0 Å². The van der Waals surface area contributed by atoms with Crippen LogP contribution in [-0.4, -0.2) is 36.0 Å². The van der Waals surface area contributed by atoms with Gasteiger partial charge in [0.05, 0.1) is 25.5 Å². The number of ether oxygens (including phenoxy) is 2. The highest BCUT2D eigenvalue weighted by Crippen LogP contribution is 2.22. The molecule has 0 saturated carbocycles. The monoisotopic (exact) mass is 523 g/mol. The van der Waals surface area contributed by atoms with E-state index < -0.39 is 0 Å². The highest BCUT2D eigenvalue weighted by Gasteiger charge is 2.16. The van der Waals surface area contributed by atoms with E-state index in [-0.39, 0.29) is 11.8 Å². The second kappa shape index (κ2) is 12.9. The number of nitrogens with zero attached hydrogens (tertiary/aromatic N) is 2. The first-order chi connectivity index (χ1) is 19.0. The molecule has 0 aliphatic carbocycles. The third-order valence-electron chi connectivity index (χ3n) is 5.80. The molecule has 3 aromatic carbocycles. The summed E-state index contributed by atoms with van der Waals surface area (Å²) in [6.07, 6.45) is 3.05. The van der Waals surface area contributed by atoms with Crippen molar-refractivity contribution in [1.29, 1.82) is 0 Å². The molecule has 39 heavy (non-hydrogen) atoms. The van der Waals surface area contributed by atoms with Crippen LogP contribution in [0.15, 0.2) is 91.6 Å². The first kappa shape index (κ1) is 26.9. The average molecular weight is 524 g/mol. The van der Waals surface area contributed by atoms with E-state index in [1.54, 1.807) is 20.3 Å². The van der Waals surface area contributed by atoms with E-state index in [0.29, 0.717) is 41.6 Å². The van der Waals surface area contributed by atoms with Gasteiger partial charge in [-0.15, -0.1) is 0 Å². The first-order valence-corrected chi connectivity index (χ1v) is 12.2. The predicted molar refractivity (Wildman–Crippen MR) is 151 cm³/mol. The molecule has 1 aromatic heterocycles. The lowest BCUT2D eigenvalue weighted by molar-refractivity contribution is -0.111. The molecule has 0 radical (unpaired) electrons. The summed E-state index contributed by atoms with van der Waals surface area (Å²) < 4.78 is 10.5. The maximum Gasteiger partial charge on any atom is 0.254 e. The standard InChI is InChI=1S/C30H29N5O4/c1-4-28(36)33-22-8-5-7-21(15-22)16-27-26(29(37)31-18-20-11-13-24(38-2)14-12-20)19-32-30(35-27)34-23-9-6-10-25(17-23)39-3/h4-15,17,19H,1,16,18H2,2-3H3,(H,31,37)(H,33,36)(H,32,34,35). The molecule has 0 spiro atoms. The summed E-state index contributed by atoms with van der Waals surface area (Å²) in [6, 6.07) is 22.2. The molecule has 0 saturated heterocycles. The maximum atomic E-state index is 13.2. The Kier molecular flexibility index (Phi) is 8.87. The molecule has 4 rings (SSSR count). The summed E-state index contributed by atoms with van der Waals surface area (Å²) in [4.78, 5) is 34.1. The number of aromatic nitrogens is 2. The van der Waals surface area contributed by atoms with Crippen LogP contribution in [0.4, 0.5) is 17.3 Å². The zero-order valence-electron chi connectivity index (χ0n) is 21.7. The summed E-state index contributed by atoms with van der Waals surface area (Å²) in [5.41, 5.74) is 4.01. The topological polar surface area (TPSA) is 114 Å². The van der Waals surface area contributed by atoms with Crippen LogP contribution in [0, 0.1) is 0 Å². The number of benzene rings is 3. The number of amides is 2. The Bertz CT molecular complexity index is 1470. The van der Waals surface area contributed by atoms with Gasteiger partial charge in [0.25, 0.3) is 5.91 Å². The van der Waals surface area contributed by atoms with Crippen LogP contribution in [0.5, 0.6) is 11.5 Å². The molecule has 0 aliphatic heterocycles. The van der Waals surface area contributed by atoms with Crippen molar-refractivity contribution in [1.82, 2.24) is 15.3 Å². The van der Waals surface area contributed by atoms with Gasteiger partial charge in [-0.3, -0.25) is 9.59 Å². The van der Waals surface area contributed by atoms with E-state index in [1.165, 1.54) is 12.3 Å². The molecule has 4 aromatic rings. The van der Waals surface area contributed by atoms with Gasteiger partial charge in [-0.05, 0) is 53.6 Å². The highest BCUT2D eigenvalue weighted by molar-refractivity contribution is 5.99. The van der Waals surface area contributed by atoms with Gasteiger partial charge in [-0.2, -0.15) is 0 Å². The van der Waals surface area contributed by atoms with Gasteiger partial charge >= 0.3 is 0 Å². The van der Waals surface area contributed by atoms with Crippen LogP contribution in [0.1, 0.15) is 27.2 Å². The first-order valence-electron chi connectivity index (χ1n) is 12.2. The number of carbonyl (C=O) groups is 2. The Balaban J connectivity index is 1.60. The number of methoxy groups -OCH3 is 2. The largest absolute Gasteiger partial charge is 0.497 e. The van der Waals surface area contributed by atoms with Crippen LogP contribution in [0.25, 0.3) is 0 Å². The Morgan fingerprint density at radius 2 is 1.64 bits per heavy atom. The molecule has 3 N–H and O–H groups in total. The van der Waals surface area contributed by atoms with Crippen molar-refractivity contribution in [3.8, 4) is 11.5 Å². The summed E-state index contributed by atoms with van der Waals surface area (Å²) in [5, 5.41) is 8.87. The molecule has 0 bridgehead atoms. The van der Waals surface area contributed by atoms with E-state index in [4.69, 9.17) is 9.47 Å². The molecule has 198 valence electrons. The van der Waals surface area contributed by atoms with Crippen LogP contribution in [0.2, 0.25) is 0 Å². The van der Waals surface area contributed by atoms with Crippen molar-refractivity contribution >= 4 is 29.1 Å². The summed E-state index contributed by atoms with van der Waals surface area (Å²) in [5.74, 6) is 1.16. The molecule has 0 fully saturated rings. The Hall–Kier alpha value is -5.18. The van der Waals surface area contributed by atoms with Crippen LogP contribution < -0.4 is 25.4 Å². The Morgan fingerprint density at radius 1 is 0.897 bits per heavy atom. The third kappa shape index (κ3) is 7.42. The number of hydrogen-bond acceptors (Lipinski definition) is 7. The van der Waals surface area contributed by atoms with Gasteiger partial charge < -0.3 is 25.4 Å². The Morgan fingerprint density at radius 3 is 2.38 bits per heavy atom. The van der Waals surface area contributed by atoms with Crippen LogP contribution >= 0.6 is 0 Å². The highest BCUT2D eigenvalue weighted by atomic mass is 16.5. The minimum Gasteiger partial charge on any atom is -0.497 e. The summed E-state index contributed by atoms with van der Waals surface area (Å²) in [7, 11) is 3.20. The second-order valence-electron chi connectivity index (χ2n) is 8.51. The van der Waals surface area contributed by atoms with Gasteiger partial charge in [-0.1, -0.05) is 36.9 Å². The number of hydrogen-bond donors (Lipinski definition) is 3. The van der Waals surface area contributed by atoms with E-state index in [9.17, 15) is 9.59 Å². The predicted octanol–water partition coefficient (Wildman–Crippen LogP) is 4.88. The van der Waals surface area contributed by atoms with E-state index in [2.05, 4.69) is 32.5 Å². The van der Waals surface area contributed by atoms with Crippen LogP contribution in [-0.2, 0) is 17.8 Å². The third-order valence-corrected chi connectivity index (χ3v) is 5.80. The SMILES string of the molecule is C=CC(=O)Nc1cccc(Cc2nc(Nc3cccc(OC)c3)ncc2C(=O)NCc2ccc(OC)cc2)c1. The molecule has 2 amide bonds. The maximum absolute atomic E-state index is 13.2. The fraction of sp³-hybridized carbons (Fsp3) is 0.133. The van der Waals surface area contributed by atoms with Crippen molar-refractivity contribution < 1.29 is 19.1 Å². The van der Waals surface area contributed by atoms with Gasteiger partial charge in [-0.25, -0.2) is 9.97 Å². The number of rotatable bonds is 11. The van der Waals surface area contributed by atoms with E-state index in [0.717, 1.165) is 22.6 Å². The normalized spacial score (nSPS) is 10.3. The van der Waals surface area contributed by atoms with Crippen molar-refractivity contribution in [2.24, 2.45) is 0 Å². The molecule has 1 heterocycles. The smallest absolute Gasteiger partial charge is 0.254 e. The van der Waals surface area contributed by atoms with Crippen molar-refractivity contribution in [2.45, 2.75) is 13.0 Å². The molecule has 9 nitrogen and oxygen atoms in total. The van der Waals surface area contributed by atoms with Crippen LogP contribution in [0.3, 0.4) is 0 Å². The summed E-state index contributed by atoms with van der Waals surface area (Å²) >= 11 is 0. The van der Waals surface area contributed by atoms with Crippen molar-refractivity contribution in [3.05, 3.63) is 114 Å². The zero-order chi connectivity index (χ0) is 27.6. The molecular formula is C30H29N5O4. The lowest BCUT2D eigenvalue weighted by Crippen LogP contribution is -2.25. The molecule has 0 atom stereocenters. The molecule has 9 heteroatoms. The average Bonchev–Trinajstić information content (AvgIpc) is 2.96. The Labute approximate surface area is 226 Å². The summed E-state index contributed by atoms with van der Waals surface area (Å²) in [6.45, 7) is 3.81. The van der Waals surface area contributed by atoms with Gasteiger partial charge in [0, 0.05) is 36.6 Å². The number of nitrogens with one attached hydrogen (secondary N) is 3. The molecule has 0 unspecified atom stereocenters. The molecule has 0 aliphatic rings. The van der Waals surface area contributed by atoms with Gasteiger partial charge in [0.15, 0.2) is 0 Å².